The van der Waals surface area contributed by atoms with E-state index in [9.17, 15) is 4.79 Å². The summed E-state index contributed by atoms with van der Waals surface area (Å²) in [6.07, 6.45) is 2.31. The van der Waals surface area contributed by atoms with Crippen molar-refractivity contribution < 1.29 is 9.32 Å². The van der Waals surface area contributed by atoms with Gasteiger partial charge in [0, 0.05) is 6.07 Å². The lowest BCUT2D eigenvalue weighted by molar-refractivity contribution is -0.117. The molecular formula is C14H24N4O2. The summed E-state index contributed by atoms with van der Waals surface area (Å²) in [7, 11) is 0. The summed E-state index contributed by atoms with van der Waals surface area (Å²) in [5.41, 5.74) is 0.768. The second kappa shape index (κ2) is 7.40. The van der Waals surface area contributed by atoms with Gasteiger partial charge in [0.1, 0.15) is 0 Å². The van der Waals surface area contributed by atoms with E-state index in [1.165, 1.54) is 0 Å². The molecule has 6 nitrogen and oxygen atoms in total. The quantitative estimate of drug-likeness (QED) is 0.820. The zero-order chi connectivity index (χ0) is 14.4. The van der Waals surface area contributed by atoms with E-state index in [1.54, 1.807) is 6.07 Å². The van der Waals surface area contributed by atoms with Crippen molar-refractivity contribution in [2.75, 3.05) is 38.0 Å². The van der Waals surface area contributed by atoms with Crippen LogP contribution in [0.5, 0.6) is 0 Å². The van der Waals surface area contributed by atoms with Gasteiger partial charge in [-0.25, -0.2) is 0 Å². The Morgan fingerprint density at radius 3 is 2.85 bits per heavy atom. The largest absolute Gasteiger partial charge is 0.338 e. The lowest BCUT2D eigenvalue weighted by Gasteiger charge is -2.31. The molecule has 1 aromatic rings. The Labute approximate surface area is 119 Å². The fraction of sp³-hybridized carbons (Fsp3) is 0.714. The van der Waals surface area contributed by atoms with Gasteiger partial charge in [-0.3, -0.25) is 15.0 Å². The molecule has 1 aromatic heterocycles. The third kappa shape index (κ3) is 4.61. The van der Waals surface area contributed by atoms with E-state index in [0.29, 0.717) is 12.4 Å². The molecule has 0 bridgehead atoms. The third-order valence-corrected chi connectivity index (χ3v) is 3.65. The number of aromatic nitrogens is 1. The zero-order valence-corrected chi connectivity index (χ0v) is 12.3. The van der Waals surface area contributed by atoms with Crippen LogP contribution < -0.4 is 10.6 Å². The first kappa shape index (κ1) is 15.0. The molecule has 2 N–H and O–H groups in total. The summed E-state index contributed by atoms with van der Waals surface area (Å²) in [6, 6.07) is 1.72. The van der Waals surface area contributed by atoms with Crippen LogP contribution in [0.25, 0.3) is 0 Å². The van der Waals surface area contributed by atoms with E-state index >= 15 is 0 Å². The minimum absolute atomic E-state index is 0.0358. The Morgan fingerprint density at radius 1 is 1.50 bits per heavy atom. The number of hydrogen-bond donors (Lipinski definition) is 2. The molecule has 0 radical (unpaired) electrons. The number of anilines is 1. The van der Waals surface area contributed by atoms with E-state index < -0.39 is 0 Å². The molecule has 0 unspecified atom stereocenters. The van der Waals surface area contributed by atoms with Crippen LogP contribution in [0, 0.1) is 12.8 Å². The summed E-state index contributed by atoms with van der Waals surface area (Å²) in [5.74, 6) is 1.13. The predicted molar refractivity (Wildman–Crippen MR) is 77.6 cm³/mol. The molecule has 0 aromatic carbocycles. The highest BCUT2D eigenvalue weighted by molar-refractivity contribution is 5.90. The average molecular weight is 280 g/mol. The van der Waals surface area contributed by atoms with Crippen molar-refractivity contribution in [3.8, 4) is 0 Å². The summed E-state index contributed by atoms with van der Waals surface area (Å²) < 4.78 is 4.98. The zero-order valence-electron chi connectivity index (χ0n) is 12.3. The van der Waals surface area contributed by atoms with Crippen LogP contribution in [0.2, 0.25) is 0 Å². The summed E-state index contributed by atoms with van der Waals surface area (Å²) in [6.45, 7) is 8.47. The lowest BCUT2D eigenvalue weighted by atomic mass is 9.97. The molecule has 1 aliphatic rings. The van der Waals surface area contributed by atoms with Crippen molar-refractivity contribution in [2.24, 2.45) is 5.92 Å². The minimum Gasteiger partial charge on any atom is -0.338 e. The van der Waals surface area contributed by atoms with Gasteiger partial charge in [-0.2, -0.15) is 0 Å². The van der Waals surface area contributed by atoms with Crippen LogP contribution in [-0.4, -0.2) is 48.7 Å². The van der Waals surface area contributed by atoms with E-state index in [2.05, 4.69) is 27.6 Å². The van der Waals surface area contributed by atoms with Crippen LogP contribution in [0.3, 0.4) is 0 Å². The number of nitrogens with zero attached hydrogens (tertiary/aromatic N) is 2. The number of hydrogen-bond acceptors (Lipinski definition) is 5. The molecule has 0 spiro atoms. The summed E-state index contributed by atoms with van der Waals surface area (Å²) in [5, 5.41) is 9.87. The molecule has 6 heteroatoms. The van der Waals surface area contributed by atoms with Gasteiger partial charge in [-0.05, 0) is 51.9 Å². The van der Waals surface area contributed by atoms with Crippen molar-refractivity contribution in [1.29, 1.82) is 0 Å². The van der Waals surface area contributed by atoms with Gasteiger partial charge in [0.05, 0.1) is 12.2 Å². The summed E-state index contributed by atoms with van der Waals surface area (Å²) >= 11 is 0. The van der Waals surface area contributed by atoms with Gasteiger partial charge in [-0.15, -0.1) is 0 Å². The third-order valence-electron chi connectivity index (χ3n) is 3.65. The number of carbonyl (C=O) groups is 1. The Hall–Kier alpha value is -1.40. The molecule has 2 rings (SSSR count). The molecule has 20 heavy (non-hydrogen) atoms. The van der Waals surface area contributed by atoms with Crippen molar-refractivity contribution in [3.63, 3.8) is 0 Å². The second-order valence-electron chi connectivity index (χ2n) is 5.41. The van der Waals surface area contributed by atoms with E-state index in [-0.39, 0.29) is 5.91 Å². The molecule has 1 saturated heterocycles. The van der Waals surface area contributed by atoms with Gasteiger partial charge in [0.2, 0.25) is 11.8 Å². The average Bonchev–Trinajstić information content (AvgIpc) is 2.83. The van der Waals surface area contributed by atoms with E-state index in [1.807, 2.05) is 6.92 Å². The topological polar surface area (TPSA) is 70.4 Å². The first-order valence-corrected chi connectivity index (χ1v) is 7.33. The smallest absolute Gasteiger partial charge is 0.240 e. The maximum absolute atomic E-state index is 11.9. The number of carbonyl (C=O) groups excluding carboxylic acids is 1. The number of aryl methyl sites for hydroxylation is 1. The van der Waals surface area contributed by atoms with Gasteiger partial charge in [-0.1, -0.05) is 12.1 Å². The van der Waals surface area contributed by atoms with Gasteiger partial charge in [0.15, 0.2) is 0 Å². The fourth-order valence-electron chi connectivity index (χ4n) is 2.50. The number of nitrogens with one attached hydrogen (secondary N) is 2. The molecule has 1 fully saturated rings. The standard InChI is InChI=1S/C14H24N4O2/c1-3-15-9-12-4-6-18(7-5-12)10-13(19)16-14-8-11(2)17-20-14/h8,12,15H,3-7,9-10H2,1-2H3,(H,16,19). The molecule has 1 aliphatic heterocycles. The first-order chi connectivity index (χ1) is 9.67. The van der Waals surface area contributed by atoms with Gasteiger partial charge < -0.3 is 9.84 Å². The highest BCUT2D eigenvalue weighted by Crippen LogP contribution is 2.16. The summed E-state index contributed by atoms with van der Waals surface area (Å²) in [4.78, 5) is 14.1. The predicted octanol–water partition coefficient (Wildman–Crippen LogP) is 1.24. The minimum atomic E-state index is -0.0358. The number of likely N-dealkylation sites (tertiary alicyclic amines) is 1. The molecule has 112 valence electrons. The molecular weight excluding hydrogens is 256 g/mol. The second-order valence-corrected chi connectivity index (χ2v) is 5.41. The number of piperidine rings is 1. The molecule has 2 heterocycles. The van der Waals surface area contributed by atoms with Crippen molar-refractivity contribution in [1.82, 2.24) is 15.4 Å². The van der Waals surface area contributed by atoms with Crippen LogP contribution >= 0.6 is 0 Å². The highest BCUT2D eigenvalue weighted by Gasteiger charge is 2.20. The SMILES string of the molecule is CCNCC1CCN(CC(=O)Nc2cc(C)no2)CC1. The molecule has 1 amide bonds. The number of amides is 1. The maximum atomic E-state index is 11.9. The van der Waals surface area contributed by atoms with Crippen molar-refractivity contribution in [2.45, 2.75) is 26.7 Å². The Bertz CT molecular complexity index is 425. The first-order valence-electron chi connectivity index (χ1n) is 7.33. The van der Waals surface area contributed by atoms with Crippen LogP contribution in [-0.2, 0) is 4.79 Å². The van der Waals surface area contributed by atoms with E-state index in [0.717, 1.165) is 50.6 Å². The fourth-order valence-corrected chi connectivity index (χ4v) is 2.50. The molecule has 0 saturated carbocycles. The Kier molecular flexibility index (Phi) is 5.55. The van der Waals surface area contributed by atoms with Crippen LogP contribution in [0.4, 0.5) is 5.88 Å². The maximum Gasteiger partial charge on any atom is 0.240 e. The van der Waals surface area contributed by atoms with E-state index in [4.69, 9.17) is 4.52 Å². The van der Waals surface area contributed by atoms with Crippen molar-refractivity contribution in [3.05, 3.63) is 11.8 Å². The van der Waals surface area contributed by atoms with Crippen molar-refractivity contribution >= 4 is 11.8 Å². The molecule has 0 atom stereocenters. The Morgan fingerprint density at radius 2 is 2.25 bits per heavy atom. The number of rotatable bonds is 6. The van der Waals surface area contributed by atoms with Gasteiger partial charge in [0.25, 0.3) is 0 Å². The lowest BCUT2D eigenvalue weighted by Crippen LogP contribution is -2.41. The highest BCUT2D eigenvalue weighted by atomic mass is 16.5. The molecule has 0 aliphatic carbocycles. The van der Waals surface area contributed by atoms with Crippen LogP contribution in [0.15, 0.2) is 10.6 Å². The van der Waals surface area contributed by atoms with Crippen LogP contribution in [0.1, 0.15) is 25.5 Å². The van der Waals surface area contributed by atoms with Gasteiger partial charge >= 0.3 is 0 Å². The normalized spacial score (nSPS) is 17.3. The monoisotopic (exact) mass is 280 g/mol. The Balaban J connectivity index is 1.68.